The van der Waals surface area contributed by atoms with Crippen molar-refractivity contribution in [1.82, 2.24) is 5.32 Å². The van der Waals surface area contributed by atoms with Crippen molar-refractivity contribution >= 4 is 11.0 Å². The molecular formula is C18H25NO. The molecule has 0 radical (unpaired) electrons. The number of aryl methyl sites for hydroxylation is 1. The summed E-state index contributed by atoms with van der Waals surface area (Å²) in [5.41, 5.74) is 2.38. The number of benzene rings is 1. The minimum absolute atomic E-state index is 0.607. The van der Waals surface area contributed by atoms with E-state index in [1.807, 2.05) is 6.07 Å². The van der Waals surface area contributed by atoms with Crippen molar-refractivity contribution in [1.29, 1.82) is 0 Å². The van der Waals surface area contributed by atoms with Crippen LogP contribution in [0.3, 0.4) is 0 Å². The van der Waals surface area contributed by atoms with Gasteiger partial charge in [-0.3, -0.25) is 0 Å². The number of nitrogens with one attached hydrogen (secondary N) is 1. The molecular weight excluding hydrogens is 246 g/mol. The van der Waals surface area contributed by atoms with Crippen LogP contribution in [0.1, 0.15) is 50.9 Å². The summed E-state index contributed by atoms with van der Waals surface area (Å²) in [6.45, 7) is 5.43. The lowest BCUT2D eigenvalue weighted by molar-refractivity contribution is 0.379. The molecule has 1 saturated carbocycles. The number of fused-ring (bicyclic) bond motifs is 1. The Kier molecular flexibility index (Phi) is 4.11. The van der Waals surface area contributed by atoms with Crippen LogP contribution in [0.15, 0.2) is 28.7 Å². The van der Waals surface area contributed by atoms with Crippen LogP contribution in [0.5, 0.6) is 0 Å². The van der Waals surface area contributed by atoms with Gasteiger partial charge in [0.1, 0.15) is 11.3 Å². The van der Waals surface area contributed by atoms with Crippen molar-refractivity contribution in [3.05, 3.63) is 35.6 Å². The average Bonchev–Trinajstić information content (AvgIpc) is 3.12. The van der Waals surface area contributed by atoms with E-state index < -0.39 is 0 Å². The van der Waals surface area contributed by atoms with Crippen molar-refractivity contribution in [3.8, 4) is 0 Å². The first-order valence-electron chi connectivity index (χ1n) is 8.02. The minimum atomic E-state index is 0.607. The lowest BCUT2D eigenvalue weighted by Crippen LogP contribution is -2.31. The molecule has 1 aromatic heterocycles. The van der Waals surface area contributed by atoms with Crippen molar-refractivity contribution in [2.45, 2.75) is 58.5 Å². The number of rotatable bonds is 5. The predicted molar refractivity (Wildman–Crippen MR) is 83.9 cm³/mol. The quantitative estimate of drug-likeness (QED) is 0.855. The van der Waals surface area contributed by atoms with Crippen LogP contribution in [0.4, 0.5) is 0 Å². The van der Waals surface area contributed by atoms with Gasteiger partial charge in [-0.2, -0.15) is 0 Å². The number of para-hydroxylation sites is 1. The van der Waals surface area contributed by atoms with E-state index >= 15 is 0 Å². The number of hydrogen-bond donors (Lipinski definition) is 1. The third kappa shape index (κ3) is 2.62. The molecule has 0 spiro atoms. The van der Waals surface area contributed by atoms with E-state index in [0.717, 1.165) is 30.2 Å². The van der Waals surface area contributed by atoms with Crippen LogP contribution in [-0.4, -0.2) is 6.04 Å². The molecule has 0 bridgehead atoms. The molecule has 0 amide bonds. The molecule has 1 aliphatic carbocycles. The van der Waals surface area contributed by atoms with Crippen molar-refractivity contribution in [3.63, 3.8) is 0 Å². The second kappa shape index (κ2) is 6.01. The summed E-state index contributed by atoms with van der Waals surface area (Å²) >= 11 is 0. The van der Waals surface area contributed by atoms with Crippen LogP contribution in [0.2, 0.25) is 0 Å². The molecule has 108 valence electrons. The van der Waals surface area contributed by atoms with Gasteiger partial charge in [0, 0.05) is 30.0 Å². The van der Waals surface area contributed by atoms with E-state index in [2.05, 4.69) is 37.4 Å². The molecule has 1 aromatic carbocycles. The summed E-state index contributed by atoms with van der Waals surface area (Å²) in [4.78, 5) is 0. The number of furan rings is 1. The van der Waals surface area contributed by atoms with Gasteiger partial charge in [-0.05, 0) is 31.7 Å². The molecule has 0 saturated heterocycles. The second-order valence-electron chi connectivity index (χ2n) is 6.07. The van der Waals surface area contributed by atoms with Gasteiger partial charge in [0.2, 0.25) is 0 Å². The van der Waals surface area contributed by atoms with Crippen LogP contribution in [0, 0.1) is 5.92 Å². The third-order valence-corrected chi connectivity index (χ3v) is 4.81. The highest BCUT2D eigenvalue weighted by Crippen LogP contribution is 2.29. The molecule has 0 aliphatic heterocycles. The van der Waals surface area contributed by atoms with E-state index in [4.69, 9.17) is 4.42 Å². The number of hydrogen-bond acceptors (Lipinski definition) is 2. The van der Waals surface area contributed by atoms with Gasteiger partial charge >= 0.3 is 0 Å². The van der Waals surface area contributed by atoms with E-state index in [0.29, 0.717) is 6.04 Å². The molecule has 1 heterocycles. The van der Waals surface area contributed by atoms with E-state index in [9.17, 15) is 0 Å². The largest absolute Gasteiger partial charge is 0.461 e. The standard InChI is InChI=1S/C18H25NO/c1-3-17-16(15-10-6-7-11-18(15)20-17)12-19-13(2)14-8-4-5-9-14/h6-7,10-11,13-14,19H,3-5,8-9,12H2,1-2H3/t13-/m1/s1. The van der Waals surface area contributed by atoms with E-state index in [1.54, 1.807) is 0 Å². The molecule has 20 heavy (non-hydrogen) atoms. The lowest BCUT2D eigenvalue weighted by atomic mass is 9.99. The van der Waals surface area contributed by atoms with Gasteiger partial charge < -0.3 is 9.73 Å². The fraction of sp³-hybridized carbons (Fsp3) is 0.556. The summed E-state index contributed by atoms with van der Waals surface area (Å²) in [5, 5.41) is 5.01. The van der Waals surface area contributed by atoms with Crippen LogP contribution < -0.4 is 5.32 Å². The first-order chi connectivity index (χ1) is 9.79. The maximum atomic E-state index is 5.97. The Hall–Kier alpha value is -1.28. The highest BCUT2D eigenvalue weighted by Gasteiger charge is 2.22. The topological polar surface area (TPSA) is 25.2 Å². The smallest absolute Gasteiger partial charge is 0.134 e. The maximum Gasteiger partial charge on any atom is 0.134 e. The van der Waals surface area contributed by atoms with Gasteiger partial charge in [0.25, 0.3) is 0 Å². The van der Waals surface area contributed by atoms with Crippen LogP contribution in [0.25, 0.3) is 11.0 Å². The SMILES string of the molecule is CCc1oc2ccccc2c1CN[C@H](C)C1CCCC1. The average molecular weight is 271 g/mol. The van der Waals surface area contributed by atoms with Crippen LogP contribution >= 0.6 is 0 Å². The van der Waals surface area contributed by atoms with Gasteiger partial charge in [-0.1, -0.05) is 38.0 Å². The van der Waals surface area contributed by atoms with Crippen molar-refractivity contribution < 1.29 is 4.42 Å². The fourth-order valence-electron chi connectivity index (χ4n) is 3.52. The Morgan fingerprint density at radius 1 is 1.25 bits per heavy atom. The Morgan fingerprint density at radius 2 is 2.00 bits per heavy atom. The minimum Gasteiger partial charge on any atom is -0.461 e. The van der Waals surface area contributed by atoms with E-state index in [1.165, 1.54) is 36.6 Å². The Labute approximate surface area is 121 Å². The fourth-order valence-corrected chi connectivity index (χ4v) is 3.52. The van der Waals surface area contributed by atoms with Crippen LogP contribution in [-0.2, 0) is 13.0 Å². The molecule has 2 nitrogen and oxygen atoms in total. The summed E-state index contributed by atoms with van der Waals surface area (Å²) in [6.07, 6.45) is 6.56. The normalized spacial score (nSPS) is 17.9. The van der Waals surface area contributed by atoms with Gasteiger partial charge in [-0.15, -0.1) is 0 Å². The highest BCUT2D eigenvalue weighted by molar-refractivity contribution is 5.82. The zero-order chi connectivity index (χ0) is 13.9. The van der Waals surface area contributed by atoms with Crippen molar-refractivity contribution in [2.24, 2.45) is 5.92 Å². The Morgan fingerprint density at radius 3 is 2.75 bits per heavy atom. The Balaban J connectivity index is 1.76. The predicted octanol–water partition coefficient (Wildman–Crippen LogP) is 4.66. The first-order valence-corrected chi connectivity index (χ1v) is 8.02. The summed E-state index contributed by atoms with van der Waals surface area (Å²) in [6, 6.07) is 8.99. The summed E-state index contributed by atoms with van der Waals surface area (Å²) in [7, 11) is 0. The molecule has 1 atom stereocenters. The van der Waals surface area contributed by atoms with Crippen molar-refractivity contribution in [2.75, 3.05) is 0 Å². The summed E-state index contributed by atoms with van der Waals surface area (Å²) < 4.78 is 5.97. The van der Waals surface area contributed by atoms with E-state index in [-0.39, 0.29) is 0 Å². The van der Waals surface area contributed by atoms with Gasteiger partial charge in [0.05, 0.1) is 0 Å². The van der Waals surface area contributed by atoms with Gasteiger partial charge in [-0.25, -0.2) is 0 Å². The molecule has 1 fully saturated rings. The second-order valence-corrected chi connectivity index (χ2v) is 6.07. The molecule has 1 aliphatic rings. The Bertz CT molecular complexity index is 566. The zero-order valence-electron chi connectivity index (χ0n) is 12.6. The highest BCUT2D eigenvalue weighted by atomic mass is 16.3. The zero-order valence-corrected chi connectivity index (χ0v) is 12.6. The molecule has 3 rings (SSSR count). The maximum absolute atomic E-state index is 5.97. The lowest BCUT2D eigenvalue weighted by Gasteiger charge is -2.20. The molecule has 0 unspecified atom stereocenters. The first kappa shape index (κ1) is 13.7. The molecule has 2 aromatic rings. The molecule has 2 heteroatoms. The monoisotopic (exact) mass is 271 g/mol. The summed E-state index contributed by atoms with van der Waals surface area (Å²) in [5.74, 6) is 2.00. The third-order valence-electron chi connectivity index (χ3n) is 4.81. The van der Waals surface area contributed by atoms with Gasteiger partial charge in [0.15, 0.2) is 0 Å². The molecule has 1 N–H and O–H groups in total.